The van der Waals surface area contributed by atoms with Crippen LogP contribution < -0.4 is 0 Å². The molecule has 0 aromatic carbocycles. The van der Waals surface area contributed by atoms with Crippen molar-refractivity contribution in [1.29, 1.82) is 0 Å². The first-order valence-corrected chi connectivity index (χ1v) is 5.44. The summed E-state index contributed by atoms with van der Waals surface area (Å²) in [6, 6.07) is 0.819. The molecule has 1 aromatic rings. The molecule has 84 valence electrons. The van der Waals surface area contributed by atoms with Crippen molar-refractivity contribution in [2.75, 3.05) is 7.11 Å². The Labute approximate surface area is 86.0 Å². The Kier molecular flexibility index (Phi) is 3.13. The molecule has 7 heteroatoms. The van der Waals surface area contributed by atoms with E-state index < -0.39 is 21.1 Å². The van der Waals surface area contributed by atoms with Gasteiger partial charge < -0.3 is 9.15 Å². The number of ether oxygens (including phenoxy) is 1. The van der Waals surface area contributed by atoms with Crippen LogP contribution in [0.25, 0.3) is 0 Å². The monoisotopic (exact) mass is 236 g/mol. The number of aryl methyl sites for hydroxylation is 1. The lowest BCUT2D eigenvalue weighted by atomic mass is 10.3. The van der Waals surface area contributed by atoms with Gasteiger partial charge in [0.1, 0.15) is 10.7 Å². The predicted octanol–water partition coefficient (Wildman–Crippen LogP) is 1.29. The molecule has 1 rings (SSSR count). The summed E-state index contributed by atoms with van der Waals surface area (Å²) in [6.07, 6.45) is 0.162. The maximum absolute atomic E-state index is 12.7. The van der Waals surface area contributed by atoms with Crippen molar-refractivity contribution in [3.63, 3.8) is 0 Å². The molecule has 1 aromatic heterocycles. The van der Waals surface area contributed by atoms with Crippen LogP contribution in [0, 0.1) is 0 Å². The van der Waals surface area contributed by atoms with E-state index in [0.29, 0.717) is 0 Å². The fourth-order valence-corrected chi connectivity index (χ4v) is 1.77. The number of methoxy groups -OCH3 is 1. The van der Waals surface area contributed by atoms with Gasteiger partial charge in [-0.2, -0.15) is 8.42 Å². The van der Waals surface area contributed by atoms with Crippen LogP contribution in [-0.4, -0.2) is 21.5 Å². The van der Waals surface area contributed by atoms with Gasteiger partial charge in [-0.3, -0.25) is 0 Å². The molecule has 0 saturated heterocycles. The molecule has 15 heavy (non-hydrogen) atoms. The molecule has 0 unspecified atom stereocenters. The van der Waals surface area contributed by atoms with Crippen LogP contribution in [0.4, 0.5) is 3.89 Å². The smallest absolute Gasteiger partial charge is 0.373 e. The molecule has 5 nitrogen and oxygen atoms in total. The van der Waals surface area contributed by atoms with Gasteiger partial charge in [0.15, 0.2) is 0 Å². The summed E-state index contributed by atoms with van der Waals surface area (Å²) in [5, 5.41) is 0. The highest BCUT2D eigenvalue weighted by atomic mass is 32.3. The number of hydrogen-bond acceptors (Lipinski definition) is 5. The van der Waals surface area contributed by atoms with E-state index in [1.54, 1.807) is 6.92 Å². The molecule has 0 aliphatic heterocycles. The van der Waals surface area contributed by atoms with Gasteiger partial charge in [-0.1, -0.05) is 6.92 Å². The Hall–Kier alpha value is -1.37. The minimum atomic E-state index is -4.87. The van der Waals surface area contributed by atoms with Crippen LogP contribution >= 0.6 is 0 Å². The van der Waals surface area contributed by atoms with Gasteiger partial charge in [0, 0.05) is 12.5 Å². The topological polar surface area (TPSA) is 73.6 Å². The normalized spacial score (nSPS) is 11.4. The second-order valence-electron chi connectivity index (χ2n) is 2.68. The van der Waals surface area contributed by atoms with Gasteiger partial charge in [-0.25, -0.2) is 4.79 Å². The van der Waals surface area contributed by atoms with Crippen molar-refractivity contribution in [2.45, 2.75) is 18.2 Å². The van der Waals surface area contributed by atoms with E-state index in [-0.39, 0.29) is 17.9 Å². The highest BCUT2D eigenvalue weighted by molar-refractivity contribution is 7.86. The van der Waals surface area contributed by atoms with Crippen LogP contribution in [0.5, 0.6) is 0 Å². The molecule has 1 heterocycles. The number of halogens is 1. The van der Waals surface area contributed by atoms with Gasteiger partial charge in [0.05, 0.1) is 7.11 Å². The Bertz CT molecular complexity index is 473. The van der Waals surface area contributed by atoms with E-state index in [9.17, 15) is 17.1 Å². The Morgan fingerprint density at radius 2 is 2.20 bits per heavy atom. The van der Waals surface area contributed by atoms with Crippen molar-refractivity contribution < 1.29 is 26.3 Å². The van der Waals surface area contributed by atoms with Crippen molar-refractivity contribution in [3.05, 3.63) is 17.6 Å². The number of esters is 1. The molecule has 0 saturated carbocycles. The van der Waals surface area contributed by atoms with Gasteiger partial charge >= 0.3 is 16.2 Å². The SMILES string of the molecule is CCc1oc(C(=O)OC)cc1S(=O)(=O)F. The van der Waals surface area contributed by atoms with Crippen molar-refractivity contribution >= 4 is 16.2 Å². The highest BCUT2D eigenvalue weighted by Gasteiger charge is 2.24. The number of rotatable bonds is 3. The van der Waals surface area contributed by atoms with Crippen molar-refractivity contribution in [3.8, 4) is 0 Å². The van der Waals surface area contributed by atoms with Gasteiger partial charge in [0.2, 0.25) is 5.76 Å². The maximum Gasteiger partial charge on any atom is 0.373 e. The zero-order valence-corrected chi connectivity index (χ0v) is 8.93. The third-order valence-corrected chi connectivity index (χ3v) is 2.61. The Balaban J connectivity index is 3.30. The summed E-state index contributed by atoms with van der Waals surface area (Å²) in [7, 11) is -3.76. The van der Waals surface area contributed by atoms with E-state index >= 15 is 0 Å². The fourth-order valence-electron chi connectivity index (χ4n) is 1.07. The zero-order valence-electron chi connectivity index (χ0n) is 8.11. The largest absolute Gasteiger partial charge is 0.463 e. The lowest BCUT2D eigenvalue weighted by Gasteiger charge is -1.92. The molecule has 0 aliphatic rings. The molecule has 0 aliphatic carbocycles. The van der Waals surface area contributed by atoms with Crippen LogP contribution in [0.15, 0.2) is 15.4 Å². The average molecular weight is 236 g/mol. The fraction of sp³-hybridized carbons (Fsp3) is 0.375. The average Bonchev–Trinajstić information content (AvgIpc) is 2.59. The van der Waals surface area contributed by atoms with Crippen LogP contribution in [0.2, 0.25) is 0 Å². The van der Waals surface area contributed by atoms with Crippen LogP contribution in [-0.2, 0) is 21.4 Å². The first-order chi connectivity index (χ1) is 6.90. The summed E-state index contributed by atoms with van der Waals surface area (Å²) < 4.78 is 43.2. The summed E-state index contributed by atoms with van der Waals surface area (Å²) >= 11 is 0. The molecule has 0 N–H and O–H groups in total. The Morgan fingerprint density at radius 3 is 2.53 bits per heavy atom. The number of carbonyl (C=O) groups is 1. The second kappa shape index (κ2) is 4.01. The maximum atomic E-state index is 12.7. The van der Waals surface area contributed by atoms with Gasteiger partial charge in [0.25, 0.3) is 0 Å². The van der Waals surface area contributed by atoms with Gasteiger partial charge in [-0.15, -0.1) is 3.89 Å². The van der Waals surface area contributed by atoms with E-state index in [0.717, 1.165) is 13.2 Å². The third-order valence-electron chi connectivity index (χ3n) is 1.74. The molecule has 0 atom stereocenters. The lowest BCUT2D eigenvalue weighted by Crippen LogP contribution is -1.98. The standard InChI is InChI=1S/C8H9FO5S/c1-3-5-7(15(9,11)12)4-6(14-5)8(10)13-2/h4H,3H2,1-2H3. The first-order valence-electron chi connectivity index (χ1n) is 4.05. The molecule has 0 bridgehead atoms. The lowest BCUT2D eigenvalue weighted by molar-refractivity contribution is 0.0563. The van der Waals surface area contributed by atoms with E-state index in [4.69, 9.17) is 4.42 Å². The van der Waals surface area contributed by atoms with Crippen LogP contribution in [0.1, 0.15) is 23.2 Å². The van der Waals surface area contributed by atoms with E-state index in [2.05, 4.69) is 4.74 Å². The van der Waals surface area contributed by atoms with Crippen molar-refractivity contribution in [1.82, 2.24) is 0 Å². The number of carbonyl (C=O) groups excluding carboxylic acids is 1. The molecular formula is C8H9FO5S. The second-order valence-corrected chi connectivity index (χ2v) is 4.00. The molecule has 0 amide bonds. The zero-order chi connectivity index (χ0) is 11.6. The minimum absolute atomic E-state index is 0.0992. The molecule has 0 radical (unpaired) electrons. The minimum Gasteiger partial charge on any atom is -0.463 e. The third kappa shape index (κ3) is 2.35. The summed E-state index contributed by atoms with van der Waals surface area (Å²) in [5.74, 6) is -1.27. The van der Waals surface area contributed by atoms with E-state index in [1.807, 2.05) is 0 Å². The quantitative estimate of drug-likeness (QED) is 0.584. The molecule has 0 spiro atoms. The first kappa shape index (κ1) is 11.7. The van der Waals surface area contributed by atoms with Crippen molar-refractivity contribution in [2.24, 2.45) is 0 Å². The summed E-state index contributed by atoms with van der Waals surface area (Å²) in [6.45, 7) is 1.58. The number of furan rings is 1. The number of hydrogen-bond donors (Lipinski definition) is 0. The Morgan fingerprint density at radius 1 is 1.60 bits per heavy atom. The summed E-state index contributed by atoms with van der Waals surface area (Å²) in [4.78, 5) is 10.4. The molecule has 0 fully saturated rings. The highest BCUT2D eigenvalue weighted by Crippen LogP contribution is 2.23. The summed E-state index contributed by atoms with van der Waals surface area (Å²) in [5.41, 5.74) is 0. The van der Waals surface area contributed by atoms with Gasteiger partial charge in [-0.05, 0) is 0 Å². The predicted molar refractivity (Wildman–Crippen MR) is 47.7 cm³/mol. The van der Waals surface area contributed by atoms with E-state index in [1.165, 1.54) is 0 Å². The molecular weight excluding hydrogens is 227 g/mol. The van der Waals surface area contributed by atoms with Crippen LogP contribution in [0.3, 0.4) is 0 Å².